The average molecular weight is 626 g/mol. The quantitative estimate of drug-likeness (QED) is 0.157. The SMILES string of the molecule is CC.CCCCC(CC)(CCC)SCc1ccc(OC)cc1.CCCCCC(C)C.Cc1nc(N(C)C)c2ccccc2n1. The van der Waals surface area contributed by atoms with E-state index < -0.39 is 0 Å². The van der Waals surface area contributed by atoms with Gasteiger partial charge in [-0.05, 0) is 61.9 Å². The van der Waals surface area contributed by atoms with Gasteiger partial charge in [0.25, 0.3) is 0 Å². The van der Waals surface area contributed by atoms with Crippen molar-refractivity contribution in [1.29, 1.82) is 0 Å². The van der Waals surface area contributed by atoms with Gasteiger partial charge in [-0.1, -0.05) is 125 Å². The Hall–Kier alpha value is -2.27. The number of fused-ring (bicyclic) bond motifs is 1. The summed E-state index contributed by atoms with van der Waals surface area (Å²) in [5.74, 6) is 4.75. The van der Waals surface area contributed by atoms with Crippen LogP contribution in [-0.4, -0.2) is 35.9 Å². The van der Waals surface area contributed by atoms with Gasteiger partial charge in [-0.3, -0.25) is 0 Å². The normalized spacial score (nSPS) is 11.8. The molecule has 3 rings (SSSR count). The minimum Gasteiger partial charge on any atom is -0.497 e. The molecule has 0 amide bonds. The summed E-state index contributed by atoms with van der Waals surface area (Å²) in [5, 5.41) is 1.10. The Morgan fingerprint density at radius 2 is 1.45 bits per heavy atom. The zero-order chi connectivity index (χ0) is 33.4. The summed E-state index contributed by atoms with van der Waals surface area (Å²) in [4.78, 5) is 10.8. The molecule has 0 saturated heterocycles. The van der Waals surface area contributed by atoms with E-state index in [0.717, 1.165) is 40.0 Å². The number of thioether (sulfide) groups is 1. The molecule has 1 heterocycles. The van der Waals surface area contributed by atoms with Crippen LogP contribution in [0, 0.1) is 12.8 Å². The summed E-state index contributed by atoms with van der Waals surface area (Å²) in [7, 11) is 5.71. The fourth-order valence-electron chi connectivity index (χ4n) is 4.95. The van der Waals surface area contributed by atoms with Crippen LogP contribution in [0.25, 0.3) is 10.9 Å². The molecule has 0 radical (unpaired) electrons. The molecule has 0 N–H and O–H groups in total. The van der Waals surface area contributed by atoms with E-state index in [9.17, 15) is 0 Å². The van der Waals surface area contributed by atoms with Crippen LogP contribution in [0.2, 0.25) is 0 Å². The number of rotatable bonds is 15. The second-order valence-electron chi connectivity index (χ2n) is 11.9. The first-order valence-electron chi connectivity index (χ1n) is 17.3. The third kappa shape index (κ3) is 16.7. The lowest BCUT2D eigenvalue weighted by atomic mass is 9.93. The molecule has 44 heavy (non-hydrogen) atoms. The number of nitrogens with zero attached hydrogens (tertiary/aromatic N) is 3. The van der Waals surface area contributed by atoms with Gasteiger partial charge in [-0.2, -0.15) is 11.8 Å². The van der Waals surface area contributed by atoms with Gasteiger partial charge in [0.05, 0.1) is 12.6 Å². The van der Waals surface area contributed by atoms with E-state index in [1.165, 1.54) is 69.8 Å². The number of aromatic nitrogens is 2. The van der Waals surface area contributed by atoms with Gasteiger partial charge in [0.1, 0.15) is 17.4 Å². The van der Waals surface area contributed by atoms with E-state index in [2.05, 4.69) is 87.5 Å². The van der Waals surface area contributed by atoms with Crippen molar-refractivity contribution in [2.75, 3.05) is 26.1 Å². The topological polar surface area (TPSA) is 38.2 Å². The number of benzene rings is 2. The molecule has 0 saturated carbocycles. The molecule has 0 fully saturated rings. The van der Waals surface area contributed by atoms with Crippen LogP contribution in [0.1, 0.15) is 131 Å². The van der Waals surface area contributed by atoms with Crippen molar-refractivity contribution in [1.82, 2.24) is 9.97 Å². The smallest absolute Gasteiger partial charge is 0.139 e. The van der Waals surface area contributed by atoms with Crippen molar-refractivity contribution >= 4 is 28.5 Å². The average Bonchev–Trinajstić information content (AvgIpc) is 3.04. The van der Waals surface area contributed by atoms with Crippen LogP contribution in [0.15, 0.2) is 48.5 Å². The van der Waals surface area contributed by atoms with E-state index in [1.807, 2.05) is 64.0 Å². The van der Waals surface area contributed by atoms with Crippen LogP contribution < -0.4 is 9.64 Å². The fourth-order valence-corrected chi connectivity index (χ4v) is 6.46. The van der Waals surface area contributed by atoms with Crippen molar-refractivity contribution in [2.45, 2.75) is 137 Å². The van der Waals surface area contributed by atoms with Crippen molar-refractivity contribution in [2.24, 2.45) is 5.92 Å². The maximum Gasteiger partial charge on any atom is 0.139 e. The molecule has 0 aliphatic carbocycles. The predicted molar refractivity (Wildman–Crippen MR) is 201 cm³/mol. The van der Waals surface area contributed by atoms with Crippen LogP contribution in [-0.2, 0) is 5.75 Å². The summed E-state index contributed by atoms with van der Waals surface area (Å²) in [6.07, 6.45) is 13.5. The highest BCUT2D eigenvalue weighted by Crippen LogP contribution is 2.40. The van der Waals surface area contributed by atoms with Gasteiger partial charge in [-0.15, -0.1) is 0 Å². The third-order valence-electron chi connectivity index (χ3n) is 7.54. The largest absolute Gasteiger partial charge is 0.497 e. The summed E-state index contributed by atoms with van der Waals surface area (Å²) in [6.45, 7) is 19.7. The number of ether oxygens (including phenoxy) is 1. The van der Waals surface area contributed by atoms with Crippen molar-refractivity contribution in [3.8, 4) is 5.75 Å². The van der Waals surface area contributed by atoms with Crippen molar-refractivity contribution in [3.05, 3.63) is 59.9 Å². The summed E-state index contributed by atoms with van der Waals surface area (Å²) in [5.41, 5.74) is 2.41. The fraction of sp³-hybridized carbons (Fsp3) is 0.641. The predicted octanol–water partition coefficient (Wildman–Crippen LogP) is 12.3. The summed E-state index contributed by atoms with van der Waals surface area (Å²) >= 11 is 2.16. The Bertz CT molecular complexity index is 1100. The lowest BCUT2D eigenvalue weighted by Crippen LogP contribution is -2.23. The standard InChI is InChI=1S/C18H30OS.C11H13N3.C8H18.C2H6/c1-5-8-14-18(7-3,13-6-2)20-15-16-9-11-17(19-4)12-10-16;1-8-12-10-7-5-4-6-9(10)11(13-8)14(2)3;1-4-5-6-7-8(2)3;1-2/h9-12H,5-8,13-15H2,1-4H3;4-7H,1-3H3;8H,4-7H2,1-3H3;1-2H3. The zero-order valence-electron chi connectivity index (χ0n) is 30.6. The van der Waals surface area contributed by atoms with Gasteiger partial charge in [0.2, 0.25) is 0 Å². The molecule has 0 bridgehead atoms. The number of hydrogen-bond donors (Lipinski definition) is 0. The van der Waals surface area contributed by atoms with E-state index in [4.69, 9.17) is 4.74 Å². The number of methoxy groups -OCH3 is 1. The lowest BCUT2D eigenvalue weighted by Gasteiger charge is -2.32. The Morgan fingerprint density at radius 1 is 0.818 bits per heavy atom. The first kappa shape index (κ1) is 41.7. The van der Waals surface area contributed by atoms with E-state index in [1.54, 1.807) is 7.11 Å². The monoisotopic (exact) mass is 626 g/mol. The number of para-hydroxylation sites is 1. The van der Waals surface area contributed by atoms with E-state index >= 15 is 0 Å². The van der Waals surface area contributed by atoms with Gasteiger partial charge < -0.3 is 9.64 Å². The Labute approximate surface area is 277 Å². The van der Waals surface area contributed by atoms with Crippen LogP contribution >= 0.6 is 11.8 Å². The Kier molecular flexibility index (Phi) is 23.7. The zero-order valence-corrected chi connectivity index (χ0v) is 31.4. The lowest BCUT2D eigenvalue weighted by molar-refractivity contribution is 0.414. The number of aryl methyl sites for hydroxylation is 1. The number of unbranched alkanes of at least 4 members (excludes halogenated alkanes) is 3. The molecule has 1 aromatic heterocycles. The molecule has 2 aromatic carbocycles. The molecule has 3 aromatic rings. The van der Waals surface area contributed by atoms with E-state index in [0.29, 0.717) is 4.75 Å². The minimum atomic E-state index is 0.477. The van der Waals surface area contributed by atoms with Crippen molar-refractivity contribution in [3.63, 3.8) is 0 Å². The molecular weight excluding hydrogens is 559 g/mol. The van der Waals surface area contributed by atoms with Gasteiger partial charge >= 0.3 is 0 Å². The Morgan fingerprint density at radius 3 is 1.98 bits per heavy atom. The highest BCUT2D eigenvalue weighted by Gasteiger charge is 2.27. The first-order valence-corrected chi connectivity index (χ1v) is 18.3. The minimum absolute atomic E-state index is 0.477. The molecule has 1 unspecified atom stereocenters. The van der Waals surface area contributed by atoms with Gasteiger partial charge in [-0.25, -0.2) is 9.97 Å². The molecule has 0 spiro atoms. The second-order valence-corrected chi connectivity index (χ2v) is 13.4. The number of anilines is 1. The highest BCUT2D eigenvalue weighted by molar-refractivity contribution is 7.99. The molecule has 5 heteroatoms. The first-order chi connectivity index (χ1) is 21.1. The molecule has 1 atom stereocenters. The number of hydrogen-bond acceptors (Lipinski definition) is 5. The van der Waals surface area contributed by atoms with Crippen molar-refractivity contribution < 1.29 is 4.74 Å². The molecule has 0 aliphatic heterocycles. The molecule has 4 nitrogen and oxygen atoms in total. The van der Waals surface area contributed by atoms with Crippen LogP contribution in [0.4, 0.5) is 5.82 Å². The highest BCUT2D eigenvalue weighted by atomic mass is 32.2. The molecular formula is C39H67N3OS. The molecule has 0 aliphatic rings. The van der Waals surface area contributed by atoms with Gasteiger partial charge in [0.15, 0.2) is 0 Å². The Balaban J connectivity index is 0.000000667. The van der Waals surface area contributed by atoms with E-state index in [-0.39, 0.29) is 0 Å². The summed E-state index contributed by atoms with van der Waals surface area (Å²) < 4.78 is 5.70. The van der Waals surface area contributed by atoms with Crippen LogP contribution in [0.5, 0.6) is 5.75 Å². The maximum absolute atomic E-state index is 5.22. The maximum atomic E-state index is 5.22. The van der Waals surface area contributed by atoms with Gasteiger partial charge in [0, 0.05) is 30.0 Å². The van der Waals surface area contributed by atoms with Crippen LogP contribution in [0.3, 0.4) is 0 Å². The second kappa shape index (κ2) is 25.0. The molecule has 250 valence electrons. The summed E-state index contributed by atoms with van der Waals surface area (Å²) in [6, 6.07) is 16.6. The third-order valence-corrected chi connectivity index (χ3v) is 9.33.